The second kappa shape index (κ2) is 8.21. The lowest BCUT2D eigenvalue weighted by Gasteiger charge is -2.09. The Labute approximate surface area is 109 Å². The first-order chi connectivity index (χ1) is 8.27. The Morgan fingerprint density at radius 2 is 2.29 bits per heavy atom. The number of unbranched alkanes of at least 4 members (excludes halogenated alkanes) is 1. The number of rotatable bonds is 8. The summed E-state index contributed by atoms with van der Waals surface area (Å²) in [4.78, 5) is 8.12. The van der Waals surface area contributed by atoms with Crippen molar-refractivity contribution in [2.45, 2.75) is 19.8 Å². The van der Waals surface area contributed by atoms with Crippen LogP contribution in [0.3, 0.4) is 0 Å². The van der Waals surface area contributed by atoms with E-state index in [4.69, 9.17) is 10.6 Å². The van der Waals surface area contributed by atoms with Gasteiger partial charge in [-0.3, -0.25) is 5.43 Å². The van der Waals surface area contributed by atoms with Crippen LogP contribution in [-0.2, 0) is 4.74 Å². The van der Waals surface area contributed by atoms with Gasteiger partial charge in [0.25, 0.3) is 0 Å². The molecular formula is C10H18BrN5O. The van der Waals surface area contributed by atoms with Crippen molar-refractivity contribution in [3.05, 3.63) is 10.7 Å². The predicted octanol–water partition coefficient (Wildman–Crippen LogP) is 1.75. The highest BCUT2D eigenvalue weighted by atomic mass is 79.9. The van der Waals surface area contributed by atoms with Gasteiger partial charge in [0, 0.05) is 19.3 Å². The molecule has 0 aliphatic carbocycles. The molecule has 0 amide bonds. The van der Waals surface area contributed by atoms with Crippen LogP contribution < -0.4 is 16.6 Å². The van der Waals surface area contributed by atoms with Crippen molar-refractivity contribution in [3.63, 3.8) is 0 Å². The summed E-state index contributed by atoms with van der Waals surface area (Å²) >= 11 is 3.36. The number of aromatic nitrogens is 2. The van der Waals surface area contributed by atoms with Gasteiger partial charge in [-0.1, -0.05) is 13.3 Å². The Bertz CT molecular complexity index is 336. The first kappa shape index (κ1) is 14.1. The van der Waals surface area contributed by atoms with Crippen molar-refractivity contribution in [1.82, 2.24) is 9.97 Å². The molecule has 0 spiro atoms. The Balaban J connectivity index is 2.30. The van der Waals surface area contributed by atoms with E-state index in [9.17, 15) is 0 Å². The zero-order valence-corrected chi connectivity index (χ0v) is 11.5. The van der Waals surface area contributed by atoms with Gasteiger partial charge in [0.05, 0.1) is 11.1 Å². The Morgan fingerprint density at radius 3 is 3.00 bits per heavy atom. The minimum atomic E-state index is 0.377. The molecule has 0 aliphatic rings. The summed E-state index contributed by atoms with van der Waals surface area (Å²) in [6, 6.07) is 0. The number of hydrogen-bond acceptors (Lipinski definition) is 6. The molecule has 0 fully saturated rings. The van der Waals surface area contributed by atoms with Crippen molar-refractivity contribution >= 4 is 27.7 Å². The van der Waals surface area contributed by atoms with E-state index in [-0.39, 0.29) is 0 Å². The quantitative estimate of drug-likeness (QED) is 0.385. The minimum absolute atomic E-state index is 0.377. The van der Waals surface area contributed by atoms with E-state index in [2.05, 4.69) is 43.6 Å². The number of hydrogen-bond donors (Lipinski definition) is 3. The summed E-state index contributed by atoms with van der Waals surface area (Å²) in [5, 5.41) is 3.15. The summed E-state index contributed by atoms with van der Waals surface area (Å²) in [5.41, 5.74) is 2.40. The van der Waals surface area contributed by atoms with Crippen LogP contribution in [0.25, 0.3) is 0 Å². The van der Waals surface area contributed by atoms with E-state index in [1.54, 1.807) is 6.20 Å². The van der Waals surface area contributed by atoms with Crippen LogP contribution in [0, 0.1) is 0 Å². The number of nitrogens with one attached hydrogen (secondary N) is 2. The number of nitrogens with two attached hydrogens (primary N) is 1. The molecule has 0 atom stereocenters. The average molecular weight is 304 g/mol. The average Bonchev–Trinajstić information content (AvgIpc) is 2.35. The van der Waals surface area contributed by atoms with E-state index < -0.39 is 0 Å². The van der Waals surface area contributed by atoms with Gasteiger partial charge in [0.2, 0.25) is 5.95 Å². The Hall–Kier alpha value is -0.920. The Morgan fingerprint density at radius 1 is 1.47 bits per heavy atom. The molecule has 1 aromatic heterocycles. The predicted molar refractivity (Wildman–Crippen MR) is 71.8 cm³/mol. The van der Waals surface area contributed by atoms with E-state index >= 15 is 0 Å². The maximum atomic E-state index is 5.43. The number of anilines is 2. The van der Waals surface area contributed by atoms with Crippen LogP contribution in [0.15, 0.2) is 10.7 Å². The van der Waals surface area contributed by atoms with E-state index in [0.29, 0.717) is 24.9 Å². The largest absolute Gasteiger partial charge is 0.380 e. The van der Waals surface area contributed by atoms with Crippen molar-refractivity contribution in [2.75, 3.05) is 30.5 Å². The van der Waals surface area contributed by atoms with Crippen LogP contribution in [0.2, 0.25) is 0 Å². The van der Waals surface area contributed by atoms with Crippen molar-refractivity contribution in [2.24, 2.45) is 5.84 Å². The normalized spacial score (nSPS) is 10.3. The van der Waals surface area contributed by atoms with Crippen LogP contribution in [0.5, 0.6) is 0 Å². The number of nitrogens with zero attached hydrogens (tertiary/aromatic N) is 2. The maximum Gasteiger partial charge on any atom is 0.239 e. The fraction of sp³-hybridized carbons (Fsp3) is 0.600. The third-order valence-corrected chi connectivity index (χ3v) is 2.63. The zero-order valence-electron chi connectivity index (χ0n) is 9.87. The highest BCUT2D eigenvalue weighted by molar-refractivity contribution is 9.10. The molecule has 1 heterocycles. The van der Waals surface area contributed by atoms with Crippen molar-refractivity contribution in [3.8, 4) is 0 Å². The fourth-order valence-electron chi connectivity index (χ4n) is 1.15. The van der Waals surface area contributed by atoms with Gasteiger partial charge in [0.1, 0.15) is 5.82 Å². The number of nitrogen functional groups attached to an aromatic ring is 1. The van der Waals surface area contributed by atoms with Gasteiger partial charge in [-0.05, 0) is 22.4 Å². The molecule has 17 heavy (non-hydrogen) atoms. The van der Waals surface area contributed by atoms with Crippen LogP contribution in [-0.4, -0.2) is 29.7 Å². The molecule has 7 heteroatoms. The molecule has 0 saturated heterocycles. The monoisotopic (exact) mass is 303 g/mol. The van der Waals surface area contributed by atoms with Crippen molar-refractivity contribution < 1.29 is 4.74 Å². The third kappa shape index (κ3) is 5.29. The van der Waals surface area contributed by atoms with Gasteiger partial charge in [-0.2, -0.15) is 4.98 Å². The lowest BCUT2D eigenvalue weighted by Crippen LogP contribution is -2.14. The third-order valence-electron chi connectivity index (χ3n) is 2.05. The molecule has 0 unspecified atom stereocenters. The highest BCUT2D eigenvalue weighted by Crippen LogP contribution is 2.19. The summed E-state index contributed by atoms with van der Waals surface area (Å²) in [5.74, 6) is 6.31. The second-order valence-electron chi connectivity index (χ2n) is 3.43. The lowest BCUT2D eigenvalue weighted by atomic mass is 10.4. The molecule has 1 aromatic rings. The smallest absolute Gasteiger partial charge is 0.239 e. The molecule has 96 valence electrons. The minimum Gasteiger partial charge on any atom is -0.380 e. The van der Waals surface area contributed by atoms with Crippen LogP contribution >= 0.6 is 15.9 Å². The molecule has 0 saturated carbocycles. The van der Waals surface area contributed by atoms with Crippen LogP contribution in [0.4, 0.5) is 11.8 Å². The van der Waals surface area contributed by atoms with Gasteiger partial charge in [-0.25, -0.2) is 10.8 Å². The van der Waals surface area contributed by atoms with E-state index in [1.807, 2.05) is 0 Å². The standard InChI is InChI=1S/C10H18BrN5O/c1-2-3-5-17-6-4-13-9-8(11)7-14-10(15-9)16-12/h7H,2-6,12H2,1H3,(H2,13,14,15,16). The summed E-state index contributed by atoms with van der Waals surface area (Å²) in [6.07, 6.45) is 3.89. The highest BCUT2D eigenvalue weighted by Gasteiger charge is 2.03. The summed E-state index contributed by atoms with van der Waals surface area (Å²) in [7, 11) is 0. The molecule has 0 radical (unpaired) electrons. The lowest BCUT2D eigenvalue weighted by molar-refractivity contribution is 0.141. The first-order valence-corrected chi connectivity index (χ1v) is 6.38. The van der Waals surface area contributed by atoms with Crippen LogP contribution in [0.1, 0.15) is 19.8 Å². The number of ether oxygens (including phenoxy) is 1. The molecule has 0 bridgehead atoms. The molecule has 1 rings (SSSR count). The van der Waals surface area contributed by atoms with Crippen molar-refractivity contribution in [1.29, 1.82) is 0 Å². The topological polar surface area (TPSA) is 85.1 Å². The first-order valence-electron chi connectivity index (χ1n) is 5.58. The summed E-state index contributed by atoms with van der Waals surface area (Å²) < 4.78 is 6.23. The number of halogens is 1. The van der Waals surface area contributed by atoms with Gasteiger partial charge in [-0.15, -0.1) is 0 Å². The van der Waals surface area contributed by atoms with Gasteiger partial charge >= 0.3 is 0 Å². The molecular weight excluding hydrogens is 286 g/mol. The fourth-order valence-corrected chi connectivity index (χ4v) is 1.48. The molecule has 0 aliphatic heterocycles. The molecule has 0 aromatic carbocycles. The van der Waals surface area contributed by atoms with Gasteiger partial charge in [0.15, 0.2) is 0 Å². The molecule has 6 nitrogen and oxygen atoms in total. The van der Waals surface area contributed by atoms with E-state index in [1.165, 1.54) is 0 Å². The summed E-state index contributed by atoms with van der Waals surface area (Å²) in [6.45, 7) is 4.30. The van der Waals surface area contributed by atoms with Gasteiger partial charge < -0.3 is 10.1 Å². The molecule has 4 N–H and O–H groups in total. The zero-order chi connectivity index (χ0) is 12.5. The second-order valence-corrected chi connectivity index (χ2v) is 4.28. The maximum absolute atomic E-state index is 5.43. The Kier molecular flexibility index (Phi) is 6.83. The SMILES string of the molecule is CCCCOCCNc1nc(NN)ncc1Br. The van der Waals surface area contributed by atoms with E-state index in [0.717, 1.165) is 23.9 Å². The number of hydrazine groups is 1.